The summed E-state index contributed by atoms with van der Waals surface area (Å²) in [5, 5.41) is 7.48. The minimum absolute atomic E-state index is 0. The van der Waals surface area contributed by atoms with Crippen molar-refractivity contribution in [1.29, 1.82) is 0 Å². The predicted molar refractivity (Wildman–Crippen MR) is 110 cm³/mol. The van der Waals surface area contributed by atoms with Crippen molar-refractivity contribution >= 4 is 29.9 Å². The summed E-state index contributed by atoms with van der Waals surface area (Å²) in [5.74, 6) is 2.35. The van der Waals surface area contributed by atoms with Gasteiger partial charge in [0.2, 0.25) is 0 Å². The summed E-state index contributed by atoms with van der Waals surface area (Å²) in [6.07, 6.45) is 1.58. The first kappa shape index (κ1) is 22.1. The van der Waals surface area contributed by atoms with Crippen molar-refractivity contribution in [2.75, 3.05) is 53.0 Å². The molecule has 25 heavy (non-hydrogen) atoms. The Morgan fingerprint density at radius 2 is 2.16 bits per heavy atom. The van der Waals surface area contributed by atoms with Gasteiger partial charge in [0, 0.05) is 46.8 Å². The number of guanidine groups is 1. The number of rotatable bonds is 7. The molecule has 1 aromatic rings. The van der Waals surface area contributed by atoms with Gasteiger partial charge in [0.15, 0.2) is 5.96 Å². The van der Waals surface area contributed by atoms with E-state index >= 15 is 0 Å². The second kappa shape index (κ2) is 11.6. The first-order valence-electron chi connectivity index (χ1n) is 8.72. The minimum atomic E-state index is 0. The maximum Gasteiger partial charge on any atom is 0.194 e. The molecule has 1 aromatic heterocycles. The number of hydrogen-bond acceptors (Lipinski definition) is 5. The van der Waals surface area contributed by atoms with Gasteiger partial charge in [0.1, 0.15) is 12.2 Å². The van der Waals surface area contributed by atoms with Crippen molar-refractivity contribution in [3.63, 3.8) is 0 Å². The zero-order valence-corrected chi connectivity index (χ0v) is 18.1. The number of aliphatic imine (C=N–C) groups is 1. The fourth-order valence-corrected chi connectivity index (χ4v) is 2.74. The molecule has 8 nitrogen and oxygen atoms in total. The summed E-state index contributed by atoms with van der Waals surface area (Å²) >= 11 is 0. The van der Waals surface area contributed by atoms with Crippen LogP contribution in [0.25, 0.3) is 0 Å². The Balaban J connectivity index is 0.00000312. The van der Waals surface area contributed by atoms with Gasteiger partial charge < -0.3 is 15.0 Å². The van der Waals surface area contributed by atoms with Crippen LogP contribution in [0.1, 0.15) is 19.7 Å². The van der Waals surface area contributed by atoms with Gasteiger partial charge in [-0.1, -0.05) is 6.92 Å². The maximum atomic E-state index is 5.40. The Labute approximate surface area is 168 Å². The van der Waals surface area contributed by atoms with Crippen molar-refractivity contribution in [3.05, 3.63) is 12.2 Å². The van der Waals surface area contributed by atoms with Crippen LogP contribution in [0.15, 0.2) is 11.3 Å². The molecule has 1 unspecified atom stereocenters. The lowest BCUT2D eigenvalue weighted by Crippen LogP contribution is -2.41. The molecular formula is C16H32IN7O. The van der Waals surface area contributed by atoms with Gasteiger partial charge >= 0.3 is 0 Å². The van der Waals surface area contributed by atoms with Crippen LogP contribution in [0, 0.1) is 5.92 Å². The van der Waals surface area contributed by atoms with Crippen LogP contribution in [0.3, 0.4) is 0 Å². The first-order chi connectivity index (χ1) is 11.6. The second-order valence-corrected chi connectivity index (χ2v) is 6.37. The van der Waals surface area contributed by atoms with Gasteiger partial charge in [-0.25, -0.2) is 4.98 Å². The number of aryl methyl sites for hydroxylation is 1. The Morgan fingerprint density at radius 1 is 1.44 bits per heavy atom. The van der Waals surface area contributed by atoms with E-state index in [9.17, 15) is 0 Å². The van der Waals surface area contributed by atoms with E-state index in [1.807, 2.05) is 14.1 Å². The van der Waals surface area contributed by atoms with Crippen LogP contribution < -0.4 is 5.32 Å². The number of ether oxygens (including phenoxy) is 1. The summed E-state index contributed by atoms with van der Waals surface area (Å²) in [6, 6.07) is 0. The number of morpholine rings is 1. The van der Waals surface area contributed by atoms with E-state index < -0.39 is 0 Å². The molecular weight excluding hydrogens is 433 g/mol. The molecule has 0 aliphatic carbocycles. The Hall–Kier alpha value is -0.940. The summed E-state index contributed by atoms with van der Waals surface area (Å²) in [5.41, 5.74) is 0. The highest BCUT2D eigenvalue weighted by Crippen LogP contribution is 2.05. The van der Waals surface area contributed by atoms with Crippen molar-refractivity contribution in [2.45, 2.75) is 20.4 Å². The molecule has 2 heterocycles. The highest BCUT2D eigenvalue weighted by atomic mass is 127. The van der Waals surface area contributed by atoms with Gasteiger partial charge in [-0.3, -0.25) is 14.6 Å². The number of nitrogens with one attached hydrogen (secondary N) is 1. The van der Waals surface area contributed by atoms with Crippen LogP contribution in [0.4, 0.5) is 0 Å². The van der Waals surface area contributed by atoms with E-state index in [0.29, 0.717) is 12.5 Å². The average molecular weight is 465 g/mol. The molecule has 1 fully saturated rings. The summed E-state index contributed by atoms with van der Waals surface area (Å²) in [4.78, 5) is 13.6. The molecule has 0 saturated carbocycles. The van der Waals surface area contributed by atoms with E-state index in [1.165, 1.54) is 0 Å². The number of aromatic nitrogens is 3. The lowest BCUT2D eigenvalue weighted by molar-refractivity contribution is 0.0323. The van der Waals surface area contributed by atoms with Gasteiger partial charge in [0.25, 0.3) is 0 Å². The monoisotopic (exact) mass is 465 g/mol. The zero-order chi connectivity index (χ0) is 17.4. The van der Waals surface area contributed by atoms with Crippen LogP contribution in [-0.2, 0) is 18.3 Å². The fraction of sp³-hybridized carbons (Fsp3) is 0.812. The van der Waals surface area contributed by atoms with E-state index in [-0.39, 0.29) is 24.0 Å². The summed E-state index contributed by atoms with van der Waals surface area (Å²) < 4.78 is 7.20. The third kappa shape index (κ3) is 7.45. The van der Waals surface area contributed by atoms with Gasteiger partial charge in [-0.15, -0.1) is 24.0 Å². The van der Waals surface area contributed by atoms with E-state index in [2.05, 4.69) is 39.0 Å². The number of hydrogen-bond donors (Lipinski definition) is 1. The van der Waals surface area contributed by atoms with Crippen molar-refractivity contribution in [2.24, 2.45) is 18.0 Å². The summed E-state index contributed by atoms with van der Waals surface area (Å²) in [6.45, 7) is 11.5. The van der Waals surface area contributed by atoms with E-state index in [0.717, 1.165) is 57.7 Å². The Kier molecular flexibility index (Phi) is 10.3. The normalized spacial score (nSPS) is 17.0. The molecule has 0 radical (unpaired) electrons. The lowest BCUT2D eigenvalue weighted by atomic mass is 10.1. The van der Waals surface area contributed by atoms with Crippen LogP contribution in [0.5, 0.6) is 0 Å². The van der Waals surface area contributed by atoms with Gasteiger partial charge in [-0.05, 0) is 12.8 Å². The van der Waals surface area contributed by atoms with Crippen LogP contribution in [0.2, 0.25) is 0 Å². The lowest BCUT2D eigenvalue weighted by Gasteiger charge is -2.29. The van der Waals surface area contributed by atoms with Crippen molar-refractivity contribution < 1.29 is 4.74 Å². The molecule has 144 valence electrons. The smallest absolute Gasteiger partial charge is 0.194 e. The third-order valence-electron chi connectivity index (χ3n) is 4.11. The highest BCUT2D eigenvalue weighted by Gasteiger charge is 2.15. The molecule has 1 aliphatic heterocycles. The molecule has 2 rings (SSSR count). The SMILES string of the molecule is CCNC(=NCC(C)CN1CCOCC1)N(C)Cc1ncnn1C.I. The van der Waals surface area contributed by atoms with E-state index in [1.54, 1.807) is 11.0 Å². The van der Waals surface area contributed by atoms with Gasteiger partial charge in [-0.2, -0.15) is 5.10 Å². The predicted octanol–water partition coefficient (Wildman–Crippen LogP) is 0.799. The largest absolute Gasteiger partial charge is 0.379 e. The molecule has 1 aliphatic rings. The average Bonchev–Trinajstić information content (AvgIpc) is 2.97. The van der Waals surface area contributed by atoms with Crippen molar-refractivity contribution in [3.8, 4) is 0 Å². The molecule has 1 atom stereocenters. The van der Waals surface area contributed by atoms with Crippen LogP contribution in [-0.4, -0.2) is 83.5 Å². The molecule has 0 amide bonds. The molecule has 1 saturated heterocycles. The summed E-state index contributed by atoms with van der Waals surface area (Å²) in [7, 11) is 3.94. The topological polar surface area (TPSA) is 70.8 Å². The zero-order valence-electron chi connectivity index (χ0n) is 15.8. The number of halogens is 1. The first-order valence-corrected chi connectivity index (χ1v) is 8.72. The fourth-order valence-electron chi connectivity index (χ4n) is 2.74. The number of nitrogens with zero attached hydrogens (tertiary/aromatic N) is 6. The highest BCUT2D eigenvalue weighted by molar-refractivity contribution is 14.0. The molecule has 0 aromatic carbocycles. The van der Waals surface area contributed by atoms with E-state index in [4.69, 9.17) is 9.73 Å². The molecule has 9 heteroatoms. The van der Waals surface area contributed by atoms with Crippen LogP contribution >= 0.6 is 24.0 Å². The van der Waals surface area contributed by atoms with Crippen molar-refractivity contribution in [1.82, 2.24) is 29.9 Å². The molecule has 0 bridgehead atoms. The Bertz CT molecular complexity index is 516. The maximum absolute atomic E-state index is 5.40. The molecule has 0 spiro atoms. The third-order valence-corrected chi connectivity index (χ3v) is 4.11. The standard InChI is InChI=1S/C16H31N7O.HI/c1-5-17-16(21(3)12-15-19-13-20-22(15)4)18-10-14(2)11-23-6-8-24-9-7-23;/h13-14H,5-12H2,1-4H3,(H,17,18);1H. The van der Waals surface area contributed by atoms with Gasteiger partial charge in [0.05, 0.1) is 19.8 Å². The molecule has 1 N–H and O–H groups in total. The minimum Gasteiger partial charge on any atom is -0.379 e. The second-order valence-electron chi connectivity index (χ2n) is 6.37. The Morgan fingerprint density at radius 3 is 2.76 bits per heavy atom. The quantitative estimate of drug-likeness (QED) is 0.365.